The number of hydrogen-bond donors (Lipinski definition) is 0. The summed E-state index contributed by atoms with van der Waals surface area (Å²) in [6.45, 7) is 7.26. The zero-order valence-corrected chi connectivity index (χ0v) is 11.6. The fraction of sp³-hybridized carbons (Fsp3) is 0.867. The van der Waals surface area contributed by atoms with Crippen molar-refractivity contribution in [2.75, 3.05) is 0 Å². The Balaban J connectivity index is 1.39. The minimum absolute atomic E-state index is 0.0138. The Bertz CT molecular complexity index is 501. The average molecular weight is 262 g/mol. The van der Waals surface area contributed by atoms with Crippen LogP contribution in [0.15, 0.2) is 0 Å². The van der Waals surface area contributed by atoms with Gasteiger partial charge in [0, 0.05) is 24.7 Å². The summed E-state index contributed by atoms with van der Waals surface area (Å²) >= 11 is 0. The summed E-state index contributed by atoms with van der Waals surface area (Å²) in [4.78, 5) is 23.7. The Hall–Kier alpha value is -1.06. The van der Waals surface area contributed by atoms with E-state index in [0.717, 1.165) is 0 Å². The summed E-state index contributed by atoms with van der Waals surface area (Å²) < 4.78 is 11.2. The van der Waals surface area contributed by atoms with Crippen molar-refractivity contribution in [3.63, 3.8) is 0 Å². The molecule has 6 aliphatic rings. The van der Waals surface area contributed by atoms with Crippen LogP contribution in [0.3, 0.4) is 0 Å². The summed E-state index contributed by atoms with van der Waals surface area (Å²) in [7, 11) is 0. The van der Waals surface area contributed by atoms with E-state index in [1.54, 1.807) is 0 Å². The van der Waals surface area contributed by atoms with Gasteiger partial charge in [0.15, 0.2) is 0 Å². The molecule has 0 aromatic heterocycles. The summed E-state index contributed by atoms with van der Waals surface area (Å²) in [5.74, 6) is 2.66. The molecule has 0 aliphatic heterocycles. The van der Waals surface area contributed by atoms with Gasteiger partial charge in [0.2, 0.25) is 0 Å². The fourth-order valence-electron chi connectivity index (χ4n) is 6.66. The Morgan fingerprint density at radius 3 is 1.79 bits per heavy atom. The van der Waals surface area contributed by atoms with Gasteiger partial charge in [-0.1, -0.05) is 0 Å². The third kappa shape index (κ3) is 0.673. The minimum atomic E-state index is -0.403. The minimum Gasteiger partial charge on any atom is -0.460 e. The molecule has 0 aromatic carbocycles. The Kier molecular flexibility index (Phi) is 1.31. The fourth-order valence-corrected chi connectivity index (χ4v) is 6.66. The number of ether oxygens (including phenoxy) is 2. The molecule has 4 heteroatoms. The summed E-state index contributed by atoms with van der Waals surface area (Å²) in [6.07, 6.45) is 0. The van der Waals surface area contributed by atoms with E-state index >= 15 is 0 Å². The first-order chi connectivity index (χ1) is 8.78. The number of carbonyl (C=O) groups is 2. The van der Waals surface area contributed by atoms with Gasteiger partial charge in [-0.15, -0.1) is 0 Å². The zero-order chi connectivity index (χ0) is 13.5. The van der Waals surface area contributed by atoms with E-state index in [0.29, 0.717) is 35.5 Å². The Morgan fingerprint density at radius 1 is 0.947 bits per heavy atom. The number of carbonyl (C=O) groups excluding carboxylic acids is 2. The van der Waals surface area contributed by atoms with Gasteiger partial charge in [0.1, 0.15) is 11.2 Å². The molecule has 6 aliphatic carbocycles. The lowest BCUT2D eigenvalue weighted by atomic mass is 8.95. The van der Waals surface area contributed by atoms with Crippen molar-refractivity contribution in [2.24, 2.45) is 40.9 Å². The van der Waals surface area contributed by atoms with E-state index in [4.69, 9.17) is 9.47 Å². The van der Waals surface area contributed by atoms with Crippen LogP contribution in [0, 0.1) is 40.9 Å². The standard InChI is InChI=1S/C15H18O4/c1-5(16)18-15-9-6-10(15)8-11(15)7(9)14(6,8)12(17)19-13(2,3)4/h6-11H,1-4H3. The van der Waals surface area contributed by atoms with E-state index in [9.17, 15) is 9.59 Å². The van der Waals surface area contributed by atoms with E-state index in [2.05, 4.69) is 0 Å². The maximum atomic E-state index is 12.4. The Morgan fingerprint density at radius 2 is 1.42 bits per heavy atom. The van der Waals surface area contributed by atoms with Gasteiger partial charge in [-0.05, 0) is 38.5 Å². The predicted molar refractivity (Wildman–Crippen MR) is 63.7 cm³/mol. The quantitative estimate of drug-likeness (QED) is 0.705. The lowest BCUT2D eigenvalue weighted by Crippen LogP contribution is -3.14. The van der Waals surface area contributed by atoms with Crippen LogP contribution in [0.25, 0.3) is 0 Å². The van der Waals surface area contributed by atoms with Crippen molar-refractivity contribution < 1.29 is 19.1 Å². The van der Waals surface area contributed by atoms with Crippen molar-refractivity contribution in [1.82, 2.24) is 0 Å². The van der Waals surface area contributed by atoms with Crippen molar-refractivity contribution in [3.05, 3.63) is 0 Å². The summed E-state index contributed by atoms with van der Waals surface area (Å²) in [5, 5.41) is 0. The SMILES string of the molecule is CC(=O)OC12C3C4C1C1C2C3C41C(=O)OC(C)(C)C. The second-order valence-corrected chi connectivity index (χ2v) is 8.04. The van der Waals surface area contributed by atoms with Crippen LogP contribution in [0.5, 0.6) is 0 Å². The van der Waals surface area contributed by atoms with Gasteiger partial charge in [-0.25, -0.2) is 0 Å². The van der Waals surface area contributed by atoms with E-state index in [1.165, 1.54) is 6.92 Å². The highest BCUT2D eigenvalue weighted by atomic mass is 16.6. The zero-order valence-electron chi connectivity index (χ0n) is 11.6. The van der Waals surface area contributed by atoms with Crippen molar-refractivity contribution in [3.8, 4) is 0 Å². The smallest absolute Gasteiger partial charge is 0.313 e. The lowest BCUT2D eigenvalue weighted by Gasteiger charge is -3.08. The molecular weight excluding hydrogens is 244 g/mol. The maximum absolute atomic E-state index is 12.4. The third-order valence-electron chi connectivity index (χ3n) is 6.61. The molecule has 102 valence electrons. The van der Waals surface area contributed by atoms with Crippen LogP contribution in [-0.2, 0) is 19.1 Å². The third-order valence-corrected chi connectivity index (χ3v) is 6.61. The monoisotopic (exact) mass is 262 g/mol. The van der Waals surface area contributed by atoms with E-state index in [-0.39, 0.29) is 23.0 Å². The van der Waals surface area contributed by atoms with Gasteiger partial charge in [-0.2, -0.15) is 0 Å². The molecule has 0 aromatic rings. The lowest BCUT2D eigenvalue weighted by molar-refractivity contribution is -0.645. The molecule has 4 nitrogen and oxygen atoms in total. The second kappa shape index (κ2) is 2.33. The molecule has 0 radical (unpaired) electrons. The molecule has 6 rings (SSSR count). The van der Waals surface area contributed by atoms with Crippen molar-refractivity contribution >= 4 is 11.9 Å². The molecule has 0 atom stereocenters. The number of rotatable bonds is 2. The maximum Gasteiger partial charge on any atom is 0.313 e. The largest absolute Gasteiger partial charge is 0.460 e. The van der Waals surface area contributed by atoms with Gasteiger partial charge in [-0.3, -0.25) is 9.59 Å². The highest BCUT2D eigenvalue weighted by molar-refractivity contribution is 5.89. The molecular formula is C15H18O4. The first kappa shape index (κ1) is 10.7. The normalized spacial score (nSPS) is 60.4. The van der Waals surface area contributed by atoms with Crippen LogP contribution in [0.4, 0.5) is 0 Å². The molecule has 19 heavy (non-hydrogen) atoms. The van der Waals surface area contributed by atoms with Crippen LogP contribution >= 0.6 is 0 Å². The highest BCUT2D eigenvalue weighted by Crippen LogP contribution is 3.07. The van der Waals surface area contributed by atoms with Crippen molar-refractivity contribution in [1.29, 1.82) is 0 Å². The van der Waals surface area contributed by atoms with Gasteiger partial charge in [0.25, 0.3) is 0 Å². The molecule has 6 fully saturated rings. The van der Waals surface area contributed by atoms with Crippen LogP contribution in [0.1, 0.15) is 27.7 Å². The number of hydrogen-bond acceptors (Lipinski definition) is 4. The molecule has 0 heterocycles. The molecule has 0 N–H and O–H groups in total. The number of esters is 2. The highest BCUT2D eigenvalue weighted by Gasteiger charge is 3.13. The van der Waals surface area contributed by atoms with Crippen LogP contribution < -0.4 is 0 Å². The topological polar surface area (TPSA) is 52.6 Å². The molecule has 0 spiro atoms. The molecule has 6 saturated carbocycles. The second-order valence-electron chi connectivity index (χ2n) is 8.04. The summed E-state index contributed by atoms with van der Waals surface area (Å²) in [6, 6.07) is 0. The van der Waals surface area contributed by atoms with E-state index < -0.39 is 5.60 Å². The van der Waals surface area contributed by atoms with Gasteiger partial charge in [0.05, 0.1) is 5.41 Å². The average Bonchev–Trinajstić information content (AvgIpc) is 2.26. The first-order valence-electron chi connectivity index (χ1n) is 7.21. The van der Waals surface area contributed by atoms with E-state index in [1.807, 2.05) is 20.8 Å². The molecule has 0 unspecified atom stereocenters. The molecule has 0 bridgehead atoms. The van der Waals surface area contributed by atoms with Crippen molar-refractivity contribution in [2.45, 2.75) is 38.9 Å². The molecule has 0 amide bonds. The van der Waals surface area contributed by atoms with Gasteiger partial charge >= 0.3 is 11.9 Å². The predicted octanol–water partition coefficient (Wildman–Crippen LogP) is 1.38. The Labute approximate surface area is 111 Å². The molecule has 0 saturated heterocycles. The van der Waals surface area contributed by atoms with Crippen LogP contribution in [-0.4, -0.2) is 23.1 Å². The summed E-state index contributed by atoms with van der Waals surface area (Å²) in [5.41, 5.74) is -0.690. The van der Waals surface area contributed by atoms with Crippen LogP contribution in [0.2, 0.25) is 0 Å². The van der Waals surface area contributed by atoms with Gasteiger partial charge < -0.3 is 9.47 Å². The first-order valence-corrected chi connectivity index (χ1v) is 7.21.